The summed E-state index contributed by atoms with van der Waals surface area (Å²) in [5.41, 5.74) is 6.25. The van der Waals surface area contributed by atoms with Crippen LogP contribution in [0.1, 0.15) is 65.3 Å². The number of nitrogens with zero attached hydrogens (tertiary/aromatic N) is 4. The number of aryl methyl sites for hydroxylation is 1. The van der Waals surface area contributed by atoms with Gasteiger partial charge in [0, 0.05) is 66.1 Å². The number of aliphatic imine (C=N–C) groups is 2. The molecule has 35 heavy (non-hydrogen) atoms. The van der Waals surface area contributed by atoms with Gasteiger partial charge in [-0.1, -0.05) is 24.3 Å². The largest absolute Gasteiger partial charge is 0.363 e. The fraction of sp³-hybridized carbons (Fsp3) is 0.357. The second kappa shape index (κ2) is 7.63. The molecule has 7 heteroatoms. The van der Waals surface area contributed by atoms with Crippen LogP contribution in [0.3, 0.4) is 0 Å². The van der Waals surface area contributed by atoms with E-state index >= 15 is 0 Å². The number of hydrogen-bond acceptors (Lipinski definition) is 5. The zero-order valence-corrected chi connectivity index (χ0v) is 19.8. The first-order chi connectivity index (χ1) is 17.1. The molecule has 2 fully saturated rings. The van der Waals surface area contributed by atoms with Crippen molar-refractivity contribution in [2.75, 3.05) is 11.9 Å². The van der Waals surface area contributed by atoms with E-state index in [4.69, 9.17) is 9.98 Å². The Morgan fingerprint density at radius 1 is 1.09 bits per heavy atom. The molecule has 7 nitrogen and oxygen atoms in total. The van der Waals surface area contributed by atoms with Crippen molar-refractivity contribution in [2.24, 2.45) is 17.0 Å². The first-order valence-corrected chi connectivity index (χ1v) is 12.5. The highest BCUT2D eigenvalue weighted by Crippen LogP contribution is 2.51. The molecule has 2 aliphatic carbocycles. The van der Waals surface area contributed by atoms with Gasteiger partial charge in [0.15, 0.2) is 5.84 Å². The normalized spacial score (nSPS) is 21.9. The van der Waals surface area contributed by atoms with Gasteiger partial charge >= 0.3 is 0 Å². The molecule has 1 aromatic heterocycles. The van der Waals surface area contributed by atoms with Gasteiger partial charge in [0.2, 0.25) is 0 Å². The predicted octanol–water partition coefficient (Wildman–Crippen LogP) is 4.40. The van der Waals surface area contributed by atoms with Crippen molar-refractivity contribution in [3.8, 4) is 11.3 Å². The Hall–Kier alpha value is -3.74. The van der Waals surface area contributed by atoms with Crippen LogP contribution in [0.2, 0.25) is 0 Å². The lowest BCUT2D eigenvalue weighted by atomic mass is 9.87. The van der Waals surface area contributed by atoms with Crippen molar-refractivity contribution < 1.29 is 4.79 Å². The first kappa shape index (κ1) is 20.6. The van der Waals surface area contributed by atoms with E-state index in [1.54, 1.807) is 0 Å². The predicted molar refractivity (Wildman–Crippen MR) is 137 cm³/mol. The summed E-state index contributed by atoms with van der Waals surface area (Å²) < 4.78 is 2.16. The number of amides is 1. The Balaban J connectivity index is 1.10. The number of imidazole rings is 1. The van der Waals surface area contributed by atoms with Crippen LogP contribution < -0.4 is 10.6 Å². The summed E-state index contributed by atoms with van der Waals surface area (Å²) in [6.45, 7) is 0.747. The van der Waals surface area contributed by atoms with Gasteiger partial charge < -0.3 is 15.2 Å². The fourth-order valence-corrected chi connectivity index (χ4v) is 5.34. The van der Waals surface area contributed by atoms with Crippen molar-refractivity contribution in [1.82, 2.24) is 14.9 Å². The van der Waals surface area contributed by atoms with Gasteiger partial charge in [-0.25, -0.2) is 15.0 Å². The molecule has 1 amide bonds. The molecule has 0 bridgehead atoms. The number of nitrogens with one attached hydrogen (secondary N) is 2. The van der Waals surface area contributed by atoms with E-state index in [2.05, 4.69) is 63.8 Å². The number of hydrogen-bond donors (Lipinski definition) is 2. The van der Waals surface area contributed by atoms with Crippen LogP contribution in [0.25, 0.3) is 11.3 Å². The van der Waals surface area contributed by atoms with E-state index in [1.165, 1.54) is 24.2 Å². The molecule has 3 aromatic rings. The summed E-state index contributed by atoms with van der Waals surface area (Å²) in [6, 6.07) is 14.4. The molecule has 0 saturated heterocycles. The van der Waals surface area contributed by atoms with E-state index in [-0.39, 0.29) is 17.5 Å². The Morgan fingerprint density at radius 3 is 2.66 bits per heavy atom. The lowest BCUT2D eigenvalue weighted by Crippen LogP contribution is -2.39. The van der Waals surface area contributed by atoms with E-state index in [0.29, 0.717) is 5.92 Å². The fourth-order valence-electron chi connectivity index (χ4n) is 5.34. The van der Waals surface area contributed by atoms with Gasteiger partial charge in [0.1, 0.15) is 12.0 Å². The minimum Gasteiger partial charge on any atom is -0.363 e. The Bertz CT molecular complexity index is 1390. The maximum Gasteiger partial charge on any atom is 0.251 e. The van der Waals surface area contributed by atoms with Crippen molar-refractivity contribution in [3.05, 3.63) is 71.2 Å². The highest BCUT2D eigenvalue weighted by Gasteiger charge is 2.48. The van der Waals surface area contributed by atoms with Crippen LogP contribution in [0.5, 0.6) is 0 Å². The van der Waals surface area contributed by atoms with Gasteiger partial charge in [-0.3, -0.25) is 4.79 Å². The van der Waals surface area contributed by atoms with Crippen molar-refractivity contribution >= 4 is 23.6 Å². The first-order valence-electron chi connectivity index (χ1n) is 12.5. The van der Waals surface area contributed by atoms with Gasteiger partial charge in [-0.2, -0.15) is 0 Å². The molecule has 2 aliphatic heterocycles. The van der Waals surface area contributed by atoms with E-state index < -0.39 is 0 Å². The molecule has 1 spiro atoms. The second-order valence-electron chi connectivity index (χ2n) is 10.3. The number of aromatic nitrogens is 2. The zero-order valence-electron chi connectivity index (χ0n) is 19.8. The maximum atomic E-state index is 12.3. The second-order valence-corrected chi connectivity index (χ2v) is 10.3. The molecule has 0 radical (unpaired) electrons. The maximum absolute atomic E-state index is 12.3. The molecule has 2 aromatic carbocycles. The van der Waals surface area contributed by atoms with Crippen molar-refractivity contribution in [3.63, 3.8) is 0 Å². The standard InChI is InChI=1S/C28H28N6O/c1-34-15-23(32-26(34)19-6-7-19)17-2-4-18(5-3-17)25-29-13-10-24(33-25)31-20-8-9-21-22(14-20)28(11-12-28)16-30-27(21)35/h2-5,8-9,13-15,19,24,31H,6-7,10-12,16H2,1H3,(H,30,35). The molecular weight excluding hydrogens is 436 g/mol. The third kappa shape index (κ3) is 3.66. The number of carbonyl (C=O) groups is 1. The molecular formula is C28H28N6O. The summed E-state index contributed by atoms with van der Waals surface area (Å²) in [6.07, 6.45) is 9.45. The highest BCUT2D eigenvalue weighted by atomic mass is 16.1. The van der Waals surface area contributed by atoms with Crippen LogP contribution in [-0.2, 0) is 12.5 Å². The number of fused-ring (bicyclic) bond motifs is 2. The SMILES string of the molecule is Cn1cc(-c2ccc(C3=NC(Nc4ccc5c(c4)C4(CC4)CNC5=O)CC=N3)cc2)nc1C1CC1. The minimum absolute atomic E-state index is 0.0343. The van der Waals surface area contributed by atoms with Gasteiger partial charge in [-0.15, -0.1) is 0 Å². The lowest BCUT2D eigenvalue weighted by Gasteiger charge is -2.27. The average Bonchev–Trinajstić information content (AvgIpc) is 3.82. The number of benzene rings is 2. The molecule has 7 rings (SSSR count). The summed E-state index contributed by atoms with van der Waals surface area (Å²) in [5, 5.41) is 6.59. The third-order valence-electron chi connectivity index (χ3n) is 7.72. The van der Waals surface area contributed by atoms with Crippen molar-refractivity contribution in [1.29, 1.82) is 0 Å². The average molecular weight is 465 g/mol. The molecule has 1 atom stereocenters. The minimum atomic E-state index is -0.0929. The molecule has 1 unspecified atom stereocenters. The number of rotatable bonds is 5. The van der Waals surface area contributed by atoms with Crippen LogP contribution in [0.15, 0.2) is 58.6 Å². The van der Waals surface area contributed by atoms with Gasteiger partial charge in [0.05, 0.1) is 5.69 Å². The van der Waals surface area contributed by atoms with E-state index in [1.807, 2.05) is 18.3 Å². The van der Waals surface area contributed by atoms with Crippen molar-refractivity contribution in [2.45, 2.75) is 49.6 Å². The highest BCUT2D eigenvalue weighted by molar-refractivity contribution is 6.04. The number of amidine groups is 1. The smallest absolute Gasteiger partial charge is 0.251 e. The third-order valence-corrected chi connectivity index (χ3v) is 7.72. The molecule has 4 aliphatic rings. The summed E-state index contributed by atoms with van der Waals surface area (Å²) in [7, 11) is 2.08. The summed E-state index contributed by atoms with van der Waals surface area (Å²) >= 11 is 0. The Kier molecular flexibility index (Phi) is 4.50. The molecule has 2 N–H and O–H groups in total. The molecule has 2 saturated carbocycles. The van der Waals surface area contributed by atoms with Gasteiger partial charge in [-0.05, 0) is 49.4 Å². The quantitative estimate of drug-likeness (QED) is 0.587. The van der Waals surface area contributed by atoms with Crippen LogP contribution in [0, 0.1) is 0 Å². The zero-order chi connectivity index (χ0) is 23.6. The molecule has 3 heterocycles. The molecule has 176 valence electrons. The van der Waals surface area contributed by atoms with Crippen LogP contribution >= 0.6 is 0 Å². The lowest BCUT2D eigenvalue weighted by molar-refractivity contribution is 0.0937. The van der Waals surface area contributed by atoms with Gasteiger partial charge in [0.25, 0.3) is 5.91 Å². The Labute approximate surface area is 204 Å². The van der Waals surface area contributed by atoms with E-state index in [0.717, 1.165) is 59.7 Å². The topological polar surface area (TPSA) is 83.7 Å². The number of anilines is 1. The summed E-state index contributed by atoms with van der Waals surface area (Å²) in [4.78, 5) is 26.6. The van der Waals surface area contributed by atoms with E-state index in [9.17, 15) is 4.79 Å². The summed E-state index contributed by atoms with van der Waals surface area (Å²) in [5.74, 6) is 2.59. The van der Waals surface area contributed by atoms with Crippen LogP contribution in [0.4, 0.5) is 5.69 Å². The number of carbonyl (C=O) groups excluding carboxylic acids is 1. The van der Waals surface area contributed by atoms with Crippen LogP contribution in [-0.4, -0.2) is 40.2 Å². The monoisotopic (exact) mass is 464 g/mol. The Morgan fingerprint density at radius 2 is 1.89 bits per heavy atom.